The molecule has 5 rings (SSSR count). The zero-order valence-electron chi connectivity index (χ0n) is 16.4. The van der Waals surface area contributed by atoms with E-state index in [9.17, 15) is 9.59 Å². The van der Waals surface area contributed by atoms with Gasteiger partial charge in [-0.05, 0) is 55.3 Å². The summed E-state index contributed by atoms with van der Waals surface area (Å²) in [4.78, 5) is 27.5. The lowest BCUT2D eigenvalue weighted by atomic mass is 10.1. The standard InChI is InChI=1S/C21H17N3O5S2/c1-11(18-23-24-19(29-18)15-8-4-10-30-15)28-21(26)16-12-5-2-7-14(12)31-20(16)22-17(25)13-6-3-9-27-13/h3-4,6,8-11H,2,5,7H2,1H3,(H,22,25). The van der Waals surface area contributed by atoms with Gasteiger partial charge in [-0.15, -0.1) is 32.9 Å². The minimum absolute atomic E-state index is 0.174. The second kappa shape index (κ2) is 8.12. The van der Waals surface area contributed by atoms with Crippen LogP contribution in [0.3, 0.4) is 0 Å². The average molecular weight is 456 g/mol. The van der Waals surface area contributed by atoms with E-state index in [0.29, 0.717) is 16.5 Å². The number of nitrogens with zero attached hydrogens (tertiary/aromatic N) is 2. The fraction of sp³-hybridized carbons (Fsp3) is 0.238. The second-order valence-electron chi connectivity index (χ2n) is 6.96. The molecule has 4 aromatic heterocycles. The summed E-state index contributed by atoms with van der Waals surface area (Å²) >= 11 is 2.89. The van der Waals surface area contributed by atoms with Crippen molar-refractivity contribution in [2.45, 2.75) is 32.3 Å². The van der Waals surface area contributed by atoms with Gasteiger partial charge in [0.2, 0.25) is 0 Å². The highest BCUT2D eigenvalue weighted by Gasteiger charge is 2.31. The summed E-state index contributed by atoms with van der Waals surface area (Å²) in [7, 11) is 0. The van der Waals surface area contributed by atoms with Crippen LogP contribution in [0.25, 0.3) is 10.8 Å². The van der Waals surface area contributed by atoms with E-state index in [1.54, 1.807) is 19.1 Å². The third-order valence-electron chi connectivity index (χ3n) is 4.90. The number of ether oxygens (including phenoxy) is 1. The number of fused-ring (bicyclic) bond motifs is 1. The van der Waals surface area contributed by atoms with Crippen molar-refractivity contribution in [1.82, 2.24) is 10.2 Å². The van der Waals surface area contributed by atoms with Gasteiger partial charge >= 0.3 is 5.97 Å². The van der Waals surface area contributed by atoms with Crippen LogP contribution in [0.5, 0.6) is 0 Å². The van der Waals surface area contributed by atoms with Crippen LogP contribution in [-0.4, -0.2) is 22.1 Å². The summed E-state index contributed by atoms with van der Waals surface area (Å²) in [5, 5.41) is 13.2. The summed E-state index contributed by atoms with van der Waals surface area (Å²) in [5.74, 6) is -0.171. The monoisotopic (exact) mass is 455 g/mol. The Kier molecular flexibility index (Phi) is 5.16. The van der Waals surface area contributed by atoms with E-state index < -0.39 is 18.0 Å². The molecular formula is C21H17N3O5S2. The van der Waals surface area contributed by atoms with Gasteiger partial charge in [-0.1, -0.05) is 6.07 Å². The molecule has 0 radical (unpaired) electrons. The van der Waals surface area contributed by atoms with Crippen LogP contribution in [0, 0.1) is 0 Å². The normalized spacial score (nSPS) is 13.7. The summed E-state index contributed by atoms with van der Waals surface area (Å²) in [6.07, 6.45) is 3.30. The van der Waals surface area contributed by atoms with Crippen LogP contribution in [0.1, 0.15) is 56.7 Å². The Hall–Kier alpha value is -3.24. The van der Waals surface area contributed by atoms with Gasteiger partial charge in [-0.3, -0.25) is 4.79 Å². The molecule has 1 aliphatic carbocycles. The van der Waals surface area contributed by atoms with Crippen molar-refractivity contribution in [2.24, 2.45) is 0 Å². The number of esters is 1. The Morgan fingerprint density at radius 2 is 2.13 bits per heavy atom. The van der Waals surface area contributed by atoms with Gasteiger partial charge in [0.1, 0.15) is 5.00 Å². The van der Waals surface area contributed by atoms with E-state index in [1.807, 2.05) is 17.5 Å². The number of furan rings is 1. The van der Waals surface area contributed by atoms with E-state index in [-0.39, 0.29) is 11.7 Å². The predicted molar refractivity (Wildman–Crippen MR) is 114 cm³/mol. The lowest BCUT2D eigenvalue weighted by molar-refractivity contribution is 0.0280. The van der Waals surface area contributed by atoms with Gasteiger partial charge in [0.25, 0.3) is 17.7 Å². The molecule has 31 heavy (non-hydrogen) atoms. The maximum atomic E-state index is 13.1. The molecule has 0 aromatic carbocycles. The van der Waals surface area contributed by atoms with Crippen LogP contribution in [0.2, 0.25) is 0 Å². The first-order valence-corrected chi connectivity index (χ1v) is 11.4. The van der Waals surface area contributed by atoms with E-state index in [1.165, 1.54) is 28.9 Å². The summed E-state index contributed by atoms with van der Waals surface area (Å²) in [5.41, 5.74) is 1.32. The molecule has 0 fully saturated rings. The highest BCUT2D eigenvalue weighted by Crippen LogP contribution is 2.40. The number of hydrogen-bond donors (Lipinski definition) is 1. The molecule has 0 bridgehead atoms. The number of anilines is 1. The zero-order valence-corrected chi connectivity index (χ0v) is 18.0. The molecule has 1 amide bonds. The SMILES string of the molecule is CC(OC(=O)c1c(NC(=O)c2ccco2)sc2c1CCC2)c1nnc(-c2cccs2)o1. The van der Waals surface area contributed by atoms with Crippen LogP contribution in [-0.2, 0) is 17.6 Å². The topological polar surface area (TPSA) is 107 Å². The van der Waals surface area contributed by atoms with Crippen molar-refractivity contribution >= 4 is 39.6 Å². The van der Waals surface area contributed by atoms with Crippen molar-refractivity contribution < 1.29 is 23.2 Å². The Morgan fingerprint density at radius 1 is 1.23 bits per heavy atom. The first kappa shape index (κ1) is 19.7. The van der Waals surface area contributed by atoms with Gasteiger partial charge < -0.3 is 18.9 Å². The minimum atomic E-state index is -0.737. The number of rotatable bonds is 6. The van der Waals surface area contributed by atoms with E-state index >= 15 is 0 Å². The number of nitrogens with one attached hydrogen (secondary N) is 1. The molecular weight excluding hydrogens is 438 g/mol. The fourth-order valence-electron chi connectivity index (χ4n) is 3.45. The number of carbonyl (C=O) groups excluding carboxylic acids is 2. The molecule has 4 aromatic rings. The average Bonchev–Trinajstić information content (AvgIpc) is 3.57. The third kappa shape index (κ3) is 3.79. The lowest BCUT2D eigenvalue weighted by Gasteiger charge is -2.11. The first-order valence-electron chi connectivity index (χ1n) is 9.68. The Bertz CT molecular complexity index is 1220. The highest BCUT2D eigenvalue weighted by atomic mass is 32.1. The van der Waals surface area contributed by atoms with Crippen molar-refractivity contribution in [3.8, 4) is 10.8 Å². The van der Waals surface area contributed by atoms with Crippen LogP contribution in [0.15, 0.2) is 44.7 Å². The Morgan fingerprint density at radius 3 is 2.90 bits per heavy atom. The zero-order chi connectivity index (χ0) is 21.4. The largest absolute Gasteiger partial charge is 0.459 e. The molecule has 0 aliphatic heterocycles. The van der Waals surface area contributed by atoms with Gasteiger partial charge in [0.15, 0.2) is 11.9 Å². The van der Waals surface area contributed by atoms with E-state index in [0.717, 1.165) is 34.6 Å². The van der Waals surface area contributed by atoms with Gasteiger partial charge in [-0.2, -0.15) is 0 Å². The number of aromatic nitrogens is 2. The number of aryl methyl sites for hydroxylation is 1. The molecule has 0 saturated carbocycles. The Balaban J connectivity index is 1.37. The molecule has 1 N–H and O–H groups in total. The Labute approximate surface area is 184 Å². The number of thiophene rings is 2. The molecule has 4 heterocycles. The maximum absolute atomic E-state index is 13.1. The number of hydrogen-bond acceptors (Lipinski definition) is 9. The molecule has 8 nitrogen and oxygen atoms in total. The fourth-order valence-corrected chi connectivity index (χ4v) is 5.37. The first-order chi connectivity index (χ1) is 15.1. The lowest BCUT2D eigenvalue weighted by Crippen LogP contribution is -2.16. The second-order valence-corrected chi connectivity index (χ2v) is 9.02. The summed E-state index contributed by atoms with van der Waals surface area (Å²) in [6, 6.07) is 6.97. The summed E-state index contributed by atoms with van der Waals surface area (Å²) < 4.78 is 16.5. The van der Waals surface area contributed by atoms with E-state index in [2.05, 4.69) is 15.5 Å². The van der Waals surface area contributed by atoms with Crippen LogP contribution >= 0.6 is 22.7 Å². The van der Waals surface area contributed by atoms with E-state index in [4.69, 9.17) is 13.6 Å². The molecule has 1 aliphatic rings. The van der Waals surface area contributed by atoms with Crippen molar-refractivity contribution in [2.75, 3.05) is 5.32 Å². The quantitative estimate of drug-likeness (QED) is 0.402. The molecule has 158 valence electrons. The summed E-state index contributed by atoms with van der Waals surface area (Å²) in [6.45, 7) is 1.68. The van der Waals surface area contributed by atoms with Crippen molar-refractivity contribution in [3.63, 3.8) is 0 Å². The molecule has 10 heteroatoms. The number of amides is 1. The predicted octanol–water partition coefficient (Wildman–Crippen LogP) is 5.11. The van der Waals surface area contributed by atoms with Crippen molar-refractivity contribution in [3.05, 3.63) is 63.6 Å². The minimum Gasteiger partial charge on any atom is -0.459 e. The molecule has 0 spiro atoms. The maximum Gasteiger partial charge on any atom is 0.342 e. The van der Waals surface area contributed by atoms with Gasteiger partial charge in [0, 0.05) is 4.88 Å². The molecule has 1 atom stereocenters. The van der Waals surface area contributed by atoms with Crippen molar-refractivity contribution in [1.29, 1.82) is 0 Å². The highest BCUT2D eigenvalue weighted by molar-refractivity contribution is 7.17. The number of carbonyl (C=O) groups is 2. The van der Waals surface area contributed by atoms with Gasteiger partial charge in [0.05, 0.1) is 16.7 Å². The smallest absolute Gasteiger partial charge is 0.342 e. The van der Waals surface area contributed by atoms with Gasteiger partial charge in [-0.25, -0.2) is 4.79 Å². The van der Waals surface area contributed by atoms with Crippen LogP contribution < -0.4 is 5.32 Å². The third-order valence-corrected chi connectivity index (χ3v) is 6.97. The molecule has 1 unspecified atom stereocenters. The molecule has 0 saturated heterocycles. The van der Waals surface area contributed by atoms with Crippen LogP contribution in [0.4, 0.5) is 5.00 Å².